The highest BCUT2D eigenvalue weighted by molar-refractivity contribution is 9.09. The van der Waals surface area contributed by atoms with Crippen molar-refractivity contribution >= 4 is 15.9 Å². The lowest BCUT2D eigenvalue weighted by Gasteiger charge is -2.23. The van der Waals surface area contributed by atoms with Gasteiger partial charge < -0.3 is 0 Å². The zero-order valence-corrected chi connectivity index (χ0v) is 9.96. The first-order valence-corrected chi connectivity index (χ1v) is 6.55. The van der Waals surface area contributed by atoms with Gasteiger partial charge in [-0.3, -0.25) is 0 Å². The second-order valence-corrected chi connectivity index (χ2v) is 5.78. The van der Waals surface area contributed by atoms with Crippen molar-refractivity contribution in [3.05, 3.63) is 12.2 Å². The second-order valence-electron chi connectivity index (χ2n) is 4.60. The Morgan fingerprint density at radius 3 is 2.77 bits per heavy atom. The highest BCUT2D eigenvalue weighted by Gasteiger charge is 2.38. The third-order valence-electron chi connectivity index (χ3n) is 3.63. The van der Waals surface area contributed by atoms with Gasteiger partial charge in [-0.25, -0.2) is 0 Å². The maximum atomic E-state index is 3.87. The molecule has 0 heterocycles. The van der Waals surface area contributed by atoms with E-state index in [-0.39, 0.29) is 0 Å². The van der Waals surface area contributed by atoms with Gasteiger partial charge in [0.1, 0.15) is 0 Å². The van der Waals surface area contributed by atoms with Gasteiger partial charge in [-0.05, 0) is 37.0 Å². The van der Waals surface area contributed by atoms with Crippen molar-refractivity contribution in [2.75, 3.05) is 0 Å². The summed E-state index contributed by atoms with van der Waals surface area (Å²) in [6.07, 6.45) is 11.9. The van der Waals surface area contributed by atoms with E-state index in [1.165, 1.54) is 32.1 Å². The third kappa shape index (κ3) is 2.01. The first-order chi connectivity index (χ1) is 6.31. The number of halogens is 1. The Labute approximate surface area is 89.9 Å². The fourth-order valence-electron chi connectivity index (χ4n) is 2.85. The minimum Gasteiger partial charge on any atom is -0.0887 e. The van der Waals surface area contributed by atoms with Gasteiger partial charge in [0, 0.05) is 4.83 Å². The molecule has 2 aliphatic carbocycles. The predicted octanol–water partition coefficient (Wildman–Crippen LogP) is 4.15. The molecule has 2 aliphatic rings. The highest BCUT2D eigenvalue weighted by Crippen LogP contribution is 2.47. The number of rotatable bonds is 4. The van der Waals surface area contributed by atoms with Gasteiger partial charge in [0.15, 0.2) is 0 Å². The lowest BCUT2D eigenvalue weighted by molar-refractivity contribution is 0.415. The fourth-order valence-corrected chi connectivity index (χ4v) is 3.78. The zero-order chi connectivity index (χ0) is 9.26. The van der Waals surface area contributed by atoms with Gasteiger partial charge >= 0.3 is 0 Å². The summed E-state index contributed by atoms with van der Waals surface area (Å²) in [5.74, 6) is 2.78. The van der Waals surface area contributed by atoms with Crippen molar-refractivity contribution in [2.24, 2.45) is 17.8 Å². The number of allylic oxidation sites excluding steroid dienone is 2. The van der Waals surface area contributed by atoms with Crippen LogP contribution in [0.15, 0.2) is 12.2 Å². The molecule has 1 saturated carbocycles. The van der Waals surface area contributed by atoms with E-state index in [2.05, 4.69) is 35.0 Å². The smallest absolute Gasteiger partial charge is 0.0179 e. The van der Waals surface area contributed by atoms with Gasteiger partial charge in [0.2, 0.25) is 0 Å². The van der Waals surface area contributed by atoms with E-state index in [4.69, 9.17) is 0 Å². The Bertz CT molecular complexity index is 197. The van der Waals surface area contributed by atoms with Gasteiger partial charge in [-0.15, -0.1) is 0 Å². The maximum absolute atomic E-state index is 3.87. The third-order valence-corrected chi connectivity index (χ3v) is 4.77. The van der Waals surface area contributed by atoms with E-state index in [1.54, 1.807) is 0 Å². The molecule has 0 nitrogen and oxygen atoms in total. The van der Waals surface area contributed by atoms with Gasteiger partial charge in [-0.2, -0.15) is 0 Å². The molecule has 1 heteroatoms. The molecular weight excluding hydrogens is 224 g/mol. The van der Waals surface area contributed by atoms with Gasteiger partial charge in [0.05, 0.1) is 0 Å². The summed E-state index contributed by atoms with van der Waals surface area (Å²) in [6.45, 7) is 2.28. The average molecular weight is 243 g/mol. The van der Waals surface area contributed by atoms with E-state index in [1.807, 2.05) is 0 Å². The molecule has 0 aromatic carbocycles. The van der Waals surface area contributed by atoms with Crippen LogP contribution < -0.4 is 0 Å². The molecule has 74 valence electrons. The van der Waals surface area contributed by atoms with Crippen LogP contribution in [0.1, 0.15) is 39.0 Å². The highest BCUT2D eigenvalue weighted by atomic mass is 79.9. The van der Waals surface area contributed by atoms with E-state index in [9.17, 15) is 0 Å². The lowest BCUT2D eigenvalue weighted by atomic mass is 9.88. The SMILES string of the molecule is CCCCC(Br)C1CC2C=C[C@H]1C2. The van der Waals surface area contributed by atoms with Crippen LogP contribution in [0.25, 0.3) is 0 Å². The van der Waals surface area contributed by atoms with E-state index in [0.29, 0.717) is 0 Å². The van der Waals surface area contributed by atoms with Crippen molar-refractivity contribution < 1.29 is 0 Å². The fraction of sp³-hybridized carbons (Fsp3) is 0.833. The zero-order valence-electron chi connectivity index (χ0n) is 8.38. The average Bonchev–Trinajstić information content (AvgIpc) is 2.74. The molecule has 0 aromatic heterocycles. The number of unbranched alkanes of at least 4 members (excludes halogenated alkanes) is 1. The molecule has 13 heavy (non-hydrogen) atoms. The van der Waals surface area contributed by atoms with E-state index < -0.39 is 0 Å². The lowest BCUT2D eigenvalue weighted by Crippen LogP contribution is -2.18. The van der Waals surface area contributed by atoms with E-state index >= 15 is 0 Å². The quantitative estimate of drug-likeness (QED) is 0.514. The molecule has 0 amide bonds. The molecule has 0 N–H and O–H groups in total. The Morgan fingerprint density at radius 1 is 1.38 bits per heavy atom. The Hall–Kier alpha value is 0.220. The molecule has 2 bridgehead atoms. The van der Waals surface area contributed by atoms with Crippen molar-refractivity contribution in [3.8, 4) is 0 Å². The van der Waals surface area contributed by atoms with Crippen LogP contribution in [0.3, 0.4) is 0 Å². The monoisotopic (exact) mass is 242 g/mol. The van der Waals surface area contributed by atoms with Crippen LogP contribution in [0.4, 0.5) is 0 Å². The minimum atomic E-state index is 0.785. The van der Waals surface area contributed by atoms with Crippen molar-refractivity contribution in [1.29, 1.82) is 0 Å². The number of fused-ring (bicyclic) bond motifs is 2. The summed E-state index contributed by atoms with van der Waals surface area (Å²) in [5.41, 5.74) is 0. The first kappa shape index (κ1) is 9.76. The van der Waals surface area contributed by atoms with Crippen LogP contribution in [-0.4, -0.2) is 4.83 Å². The van der Waals surface area contributed by atoms with Gasteiger partial charge in [-0.1, -0.05) is 47.8 Å². The minimum absolute atomic E-state index is 0.785. The summed E-state index contributed by atoms with van der Waals surface area (Å²) < 4.78 is 0. The number of alkyl halides is 1. The molecule has 4 atom stereocenters. The van der Waals surface area contributed by atoms with Crippen LogP contribution in [-0.2, 0) is 0 Å². The molecule has 0 aliphatic heterocycles. The first-order valence-electron chi connectivity index (χ1n) is 5.63. The van der Waals surface area contributed by atoms with Crippen LogP contribution >= 0.6 is 15.9 Å². The Morgan fingerprint density at radius 2 is 2.23 bits per heavy atom. The van der Waals surface area contributed by atoms with Crippen molar-refractivity contribution in [2.45, 2.75) is 43.9 Å². The Kier molecular flexibility index (Phi) is 3.13. The standard InChI is InChI=1S/C12H19Br/c1-2-3-4-12(13)11-8-9-5-6-10(11)7-9/h5-6,9-12H,2-4,7-8H2,1H3/t9?,10-,11?,12?/m0/s1. The summed E-state index contributed by atoms with van der Waals surface area (Å²) in [7, 11) is 0. The molecular formula is C12H19Br. The largest absolute Gasteiger partial charge is 0.0887 e. The molecule has 3 unspecified atom stereocenters. The topological polar surface area (TPSA) is 0 Å². The molecule has 0 saturated heterocycles. The molecule has 0 spiro atoms. The predicted molar refractivity (Wildman–Crippen MR) is 61.1 cm³/mol. The normalized spacial score (nSPS) is 38.5. The molecule has 0 aromatic rings. The maximum Gasteiger partial charge on any atom is 0.0179 e. The summed E-state index contributed by atoms with van der Waals surface area (Å²) >= 11 is 3.87. The summed E-state index contributed by atoms with van der Waals surface area (Å²) in [4.78, 5) is 0.785. The molecule has 1 fully saturated rings. The number of hydrogen-bond donors (Lipinski definition) is 0. The number of hydrogen-bond acceptors (Lipinski definition) is 0. The second kappa shape index (κ2) is 4.16. The molecule has 2 rings (SSSR count). The van der Waals surface area contributed by atoms with E-state index in [0.717, 1.165) is 22.6 Å². The summed E-state index contributed by atoms with van der Waals surface area (Å²) in [5, 5.41) is 0. The van der Waals surface area contributed by atoms with Crippen LogP contribution in [0, 0.1) is 17.8 Å². The summed E-state index contributed by atoms with van der Waals surface area (Å²) in [6, 6.07) is 0. The van der Waals surface area contributed by atoms with Crippen molar-refractivity contribution in [3.63, 3.8) is 0 Å². The molecule has 0 radical (unpaired) electrons. The Balaban J connectivity index is 1.84. The van der Waals surface area contributed by atoms with Crippen molar-refractivity contribution in [1.82, 2.24) is 0 Å². The van der Waals surface area contributed by atoms with Crippen LogP contribution in [0.5, 0.6) is 0 Å². The van der Waals surface area contributed by atoms with Crippen LogP contribution in [0.2, 0.25) is 0 Å². The van der Waals surface area contributed by atoms with Gasteiger partial charge in [0.25, 0.3) is 0 Å².